The molecule has 18 heavy (non-hydrogen) atoms. The second-order valence-corrected chi connectivity index (χ2v) is 7.16. The van der Waals surface area contributed by atoms with Crippen molar-refractivity contribution in [3.63, 3.8) is 0 Å². The molecule has 2 aromatic rings. The smallest absolute Gasteiger partial charge is 0.742 e. The molecule has 0 spiro atoms. The Morgan fingerprint density at radius 2 is 1.83 bits per heavy atom. The average molecular weight is 465 g/mol. The number of hydrogen-bond acceptors (Lipinski definition) is 3. The Hall–Kier alpha value is 0.0103. The van der Waals surface area contributed by atoms with Gasteiger partial charge in [-0.05, 0) is 35.8 Å². The molecule has 104 valence electrons. The molecule has 1 N–H and O–H groups in total. The minimum Gasteiger partial charge on any atom is -0.742 e. The van der Waals surface area contributed by atoms with Gasteiger partial charge in [0.05, 0.1) is 5.52 Å². The molecule has 0 saturated carbocycles. The first-order chi connectivity index (χ1) is 8.21. The normalized spacial score (nSPS) is 9.78. The molecule has 0 saturated heterocycles. The van der Waals surface area contributed by atoms with Crippen LogP contribution in [-0.2, 0) is 35.0 Å². The molecule has 0 amide bonds. The van der Waals surface area contributed by atoms with Crippen molar-refractivity contribution >= 4 is 31.7 Å². The van der Waals surface area contributed by atoms with Crippen LogP contribution in [-0.4, -0.2) is 33.4 Å². The Morgan fingerprint density at radius 1 is 1.22 bits per heavy atom. The molecule has 0 aliphatic carbocycles. The number of nitrogens with zero attached hydrogens (tertiary/aromatic N) is 2. The van der Waals surface area contributed by atoms with Crippen molar-refractivity contribution in [2.24, 2.45) is 0 Å². The van der Waals surface area contributed by atoms with E-state index in [1.54, 1.807) is 6.20 Å². The number of imidazole rings is 1. The van der Waals surface area contributed by atoms with E-state index in [1.807, 2.05) is 12.1 Å². The number of nitrogens with one attached hydrogen (secondary N) is 1. The van der Waals surface area contributed by atoms with Crippen molar-refractivity contribution in [3.05, 3.63) is 18.3 Å². The summed E-state index contributed by atoms with van der Waals surface area (Å²) in [6.07, 6.45) is 5.95. The molecule has 2 heterocycles. The van der Waals surface area contributed by atoms with Crippen molar-refractivity contribution in [1.82, 2.24) is 15.0 Å². The van der Waals surface area contributed by atoms with Crippen molar-refractivity contribution in [1.29, 1.82) is 0 Å². The van der Waals surface area contributed by atoms with Gasteiger partial charge in [0.25, 0.3) is 0 Å². The summed E-state index contributed by atoms with van der Waals surface area (Å²) in [6, 6.07) is 3.74. The van der Waals surface area contributed by atoms with Crippen LogP contribution in [0.25, 0.3) is 11.2 Å². The average Bonchev–Trinajstić information content (AvgIpc) is 2.72. The number of aromatic amines is 1. The predicted octanol–water partition coefficient (Wildman–Crippen LogP) is 3.39. The maximum Gasteiger partial charge on any atom is 1.00 e. The van der Waals surface area contributed by atoms with Gasteiger partial charge in [0, 0.05) is 6.20 Å². The van der Waals surface area contributed by atoms with Crippen LogP contribution in [0.15, 0.2) is 23.5 Å². The second kappa shape index (κ2) is 9.88. The second-order valence-electron chi connectivity index (χ2n) is 3.54. The standard InChI is InChI=1S/C6H5N3S.C6H15P.Au/c10-6-8-4-2-1-3-7-5(4)9-6;1-4-7(5-2)6-3;/h1-3H,(H2,7,8,9,10);4-6H2,1-3H3;/q;;+1/p-1. The molecule has 0 aliphatic rings. The first kappa shape index (κ1) is 18.0. The molecule has 3 nitrogen and oxygen atoms in total. The summed E-state index contributed by atoms with van der Waals surface area (Å²) in [4.78, 5) is 10.9. The predicted molar refractivity (Wildman–Crippen MR) is 78.1 cm³/mol. The Morgan fingerprint density at radius 3 is 2.28 bits per heavy atom. The van der Waals surface area contributed by atoms with Crippen molar-refractivity contribution in [2.45, 2.75) is 25.9 Å². The Labute approximate surface area is 131 Å². The summed E-state index contributed by atoms with van der Waals surface area (Å²) in [5.41, 5.74) is 1.58. The first-order valence-electron chi connectivity index (χ1n) is 5.91. The van der Waals surface area contributed by atoms with E-state index < -0.39 is 0 Å². The van der Waals surface area contributed by atoms with E-state index >= 15 is 0 Å². The number of H-pyrrole nitrogens is 1. The quantitative estimate of drug-likeness (QED) is 0.430. The summed E-state index contributed by atoms with van der Waals surface area (Å²) in [7, 11) is 0.446. The third kappa shape index (κ3) is 5.77. The fourth-order valence-corrected chi connectivity index (χ4v) is 3.03. The molecule has 0 aromatic carbocycles. The third-order valence-corrected chi connectivity index (χ3v) is 5.45. The molecule has 2 aromatic heterocycles. The largest absolute Gasteiger partial charge is 1.00 e. The Balaban J connectivity index is 0.000000326. The monoisotopic (exact) mass is 465 g/mol. The molecular weight excluding hydrogens is 446 g/mol. The van der Waals surface area contributed by atoms with Crippen LogP contribution < -0.4 is 0 Å². The summed E-state index contributed by atoms with van der Waals surface area (Å²) in [6.45, 7) is 6.87. The van der Waals surface area contributed by atoms with Crippen LogP contribution in [0.5, 0.6) is 0 Å². The maximum absolute atomic E-state index is 4.81. The zero-order chi connectivity index (χ0) is 12.7. The summed E-state index contributed by atoms with van der Waals surface area (Å²) in [5.74, 6) is 0. The van der Waals surface area contributed by atoms with Crippen molar-refractivity contribution < 1.29 is 22.4 Å². The van der Waals surface area contributed by atoms with Gasteiger partial charge in [0.2, 0.25) is 0 Å². The first-order valence-corrected chi connectivity index (χ1v) is 8.21. The van der Waals surface area contributed by atoms with Gasteiger partial charge >= 0.3 is 22.4 Å². The number of fused-ring (bicyclic) bond motifs is 1. The number of pyridine rings is 1. The molecule has 0 bridgehead atoms. The van der Waals surface area contributed by atoms with Gasteiger partial charge in [-0.25, -0.2) is 9.97 Å². The molecule has 0 unspecified atom stereocenters. The van der Waals surface area contributed by atoms with E-state index in [2.05, 4.69) is 35.7 Å². The number of rotatable bonds is 3. The van der Waals surface area contributed by atoms with E-state index in [0.717, 1.165) is 5.52 Å². The fourth-order valence-electron chi connectivity index (χ4n) is 1.49. The van der Waals surface area contributed by atoms with Gasteiger partial charge < -0.3 is 17.6 Å². The van der Waals surface area contributed by atoms with E-state index in [-0.39, 0.29) is 22.4 Å². The summed E-state index contributed by atoms with van der Waals surface area (Å²) in [5, 5.41) is 0.494. The van der Waals surface area contributed by atoms with Gasteiger partial charge in [-0.2, -0.15) is 0 Å². The molecule has 6 heteroatoms. The number of hydrogen-bond donors (Lipinski definition) is 1. The minimum absolute atomic E-state index is 0. The van der Waals surface area contributed by atoms with Crippen LogP contribution >= 0.6 is 7.92 Å². The molecule has 2 rings (SSSR count). The minimum atomic E-state index is 0. The van der Waals surface area contributed by atoms with E-state index in [9.17, 15) is 0 Å². The van der Waals surface area contributed by atoms with E-state index in [0.29, 0.717) is 18.7 Å². The topological polar surface area (TPSA) is 41.6 Å². The fraction of sp³-hybridized carbons (Fsp3) is 0.500. The third-order valence-electron chi connectivity index (χ3n) is 2.58. The SMILES string of the molecule is CCP(CC)CC.[Au+].[S-]c1nc2ncccc2[nH]1. The van der Waals surface area contributed by atoms with Crippen LogP contribution in [0.1, 0.15) is 20.8 Å². The Bertz CT molecular complexity index is 407. The summed E-state index contributed by atoms with van der Waals surface area (Å²) >= 11 is 4.81. The Kier molecular flexibility index (Phi) is 9.88. The van der Waals surface area contributed by atoms with E-state index in [1.165, 1.54) is 18.5 Å². The molecule has 0 fully saturated rings. The van der Waals surface area contributed by atoms with Crippen LogP contribution in [0, 0.1) is 0 Å². The van der Waals surface area contributed by atoms with Crippen LogP contribution in [0.4, 0.5) is 0 Å². The number of aromatic nitrogens is 3. The van der Waals surface area contributed by atoms with E-state index in [4.69, 9.17) is 12.6 Å². The van der Waals surface area contributed by atoms with Gasteiger partial charge in [-0.1, -0.05) is 20.8 Å². The molecular formula is C12H19AuN3PS. The van der Waals surface area contributed by atoms with Crippen molar-refractivity contribution in [2.75, 3.05) is 18.5 Å². The van der Waals surface area contributed by atoms with Gasteiger partial charge in [-0.15, -0.1) is 7.92 Å². The zero-order valence-corrected chi connectivity index (χ0v) is 14.8. The van der Waals surface area contributed by atoms with Gasteiger partial charge in [0.1, 0.15) is 0 Å². The molecule has 0 radical (unpaired) electrons. The molecule has 0 atom stereocenters. The maximum atomic E-state index is 4.81. The van der Waals surface area contributed by atoms with Crippen LogP contribution in [0.3, 0.4) is 0 Å². The van der Waals surface area contributed by atoms with Crippen molar-refractivity contribution in [3.8, 4) is 0 Å². The van der Waals surface area contributed by atoms with Crippen LogP contribution in [0.2, 0.25) is 0 Å². The zero-order valence-electron chi connectivity index (χ0n) is 10.9. The van der Waals surface area contributed by atoms with Gasteiger partial charge in [0.15, 0.2) is 5.65 Å². The molecule has 0 aliphatic heterocycles. The summed E-state index contributed by atoms with van der Waals surface area (Å²) < 4.78 is 0. The van der Waals surface area contributed by atoms with Gasteiger partial charge in [-0.3, -0.25) is 0 Å².